The van der Waals surface area contributed by atoms with Crippen molar-refractivity contribution in [3.8, 4) is 5.75 Å². The Morgan fingerprint density at radius 1 is 1.17 bits per heavy atom. The molecule has 0 unspecified atom stereocenters. The van der Waals surface area contributed by atoms with Gasteiger partial charge in [-0.1, -0.05) is 0 Å². The number of benzene rings is 1. The highest BCUT2D eigenvalue weighted by Gasteiger charge is 2.14. The molecule has 0 bridgehead atoms. The second-order valence-electron chi connectivity index (χ2n) is 4.52. The molecule has 4 nitrogen and oxygen atoms in total. The van der Waals surface area contributed by atoms with Gasteiger partial charge < -0.3 is 14.5 Å². The van der Waals surface area contributed by atoms with Crippen molar-refractivity contribution in [3.05, 3.63) is 40.8 Å². The molecule has 0 saturated carbocycles. The molecule has 1 N–H and O–H groups in total. The minimum Gasteiger partial charge on any atom is -0.490 e. The van der Waals surface area contributed by atoms with Gasteiger partial charge in [-0.05, 0) is 44.1 Å². The van der Waals surface area contributed by atoms with Crippen LogP contribution in [0.25, 0.3) is 11.0 Å². The molecule has 1 aliphatic rings. The Morgan fingerprint density at radius 2 is 1.94 bits per heavy atom. The maximum absolute atomic E-state index is 11.2. The summed E-state index contributed by atoms with van der Waals surface area (Å²) in [7, 11) is 0. The lowest BCUT2D eigenvalue weighted by Crippen LogP contribution is -2.34. The molecule has 1 aromatic heterocycles. The minimum atomic E-state index is -0.332. The summed E-state index contributed by atoms with van der Waals surface area (Å²) in [6, 6.07) is 8.81. The van der Waals surface area contributed by atoms with Crippen LogP contribution >= 0.6 is 0 Å². The molecule has 2 aromatic rings. The van der Waals surface area contributed by atoms with Crippen molar-refractivity contribution in [1.29, 1.82) is 0 Å². The SMILES string of the molecule is O=c1ccc2ccc(OC3CCNCC3)cc2o1. The molecule has 1 aliphatic heterocycles. The van der Waals surface area contributed by atoms with Gasteiger partial charge in [0.25, 0.3) is 0 Å². The molecule has 0 aliphatic carbocycles. The second kappa shape index (κ2) is 4.82. The summed E-state index contributed by atoms with van der Waals surface area (Å²) in [5.41, 5.74) is 0.246. The van der Waals surface area contributed by atoms with E-state index in [1.807, 2.05) is 12.1 Å². The molecule has 18 heavy (non-hydrogen) atoms. The molecule has 1 fully saturated rings. The van der Waals surface area contributed by atoms with E-state index in [0.29, 0.717) is 5.58 Å². The fourth-order valence-corrected chi connectivity index (χ4v) is 2.22. The molecule has 0 spiro atoms. The van der Waals surface area contributed by atoms with Crippen LogP contribution in [0.15, 0.2) is 39.5 Å². The van der Waals surface area contributed by atoms with Crippen molar-refractivity contribution in [3.63, 3.8) is 0 Å². The van der Waals surface area contributed by atoms with Crippen LogP contribution < -0.4 is 15.7 Å². The number of ether oxygens (including phenoxy) is 1. The normalized spacial score (nSPS) is 16.9. The van der Waals surface area contributed by atoms with E-state index in [0.717, 1.165) is 37.1 Å². The molecule has 2 heterocycles. The zero-order valence-corrected chi connectivity index (χ0v) is 10.0. The van der Waals surface area contributed by atoms with Crippen LogP contribution in [0.5, 0.6) is 5.75 Å². The van der Waals surface area contributed by atoms with Crippen molar-refractivity contribution >= 4 is 11.0 Å². The van der Waals surface area contributed by atoms with Gasteiger partial charge in [0.1, 0.15) is 17.4 Å². The van der Waals surface area contributed by atoms with Gasteiger partial charge in [0.2, 0.25) is 0 Å². The number of fused-ring (bicyclic) bond motifs is 1. The highest BCUT2D eigenvalue weighted by Crippen LogP contribution is 2.22. The number of hydrogen-bond acceptors (Lipinski definition) is 4. The molecule has 0 radical (unpaired) electrons. The van der Waals surface area contributed by atoms with Crippen LogP contribution in [-0.2, 0) is 0 Å². The molecule has 3 rings (SSSR count). The fraction of sp³-hybridized carbons (Fsp3) is 0.357. The van der Waals surface area contributed by atoms with Gasteiger partial charge in [-0.25, -0.2) is 4.79 Å². The van der Waals surface area contributed by atoms with Crippen LogP contribution in [0.4, 0.5) is 0 Å². The van der Waals surface area contributed by atoms with Crippen molar-refractivity contribution in [2.24, 2.45) is 0 Å². The van der Waals surface area contributed by atoms with E-state index >= 15 is 0 Å². The molecular formula is C14H15NO3. The predicted octanol–water partition coefficient (Wildman–Crippen LogP) is 1.92. The fourth-order valence-electron chi connectivity index (χ4n) is 2.22. The van der Waals surface area contributed by atoms with E-state index in [1.54, 1.807) is 12.1 Å². The van der Waals surface area contributed by atoms with Gasteiger partial charge in [-0.3, -0.25) is 0 Å². The summed E-state index contributed by atoms with van der Waals surface area (Å²) in [4.78, 5) is 11.2. The summed E-state index contributed by atoms with van der Waals surface area (Å²) in [6.45, 7) is 1.99. The first-order valence-corrected chi connectivity index (χ1v) is 6.22. The molecule has 0 atom stereocenters. The Morgan fingerprint density at radius 3 is 2.78 bits per heavy atom. The Balaban J connectivity index is 1.85. The van der Waals surface area contributed by atoms with Gasteiger partial charge in [0.05, 0.1) is 0 Å². The van der Waals surface area contributed by atoms with Crippen molar-refractivity contribution in [2.45, 2.75) is 18.9 Å². The Labute approximate surface area is 105 Å². The highest BCUT2D eigenvalue weighted by molar-refractivity contribution is 5.77. The average molecular weight is 245 g/mol. The molecule has 1 aromatic carbocycles. The Bertz CT molecular complexity index is 599. The van der Waals surface area contributed by atoms with Gasteiger partial charge in [0, 0.05) is 17.5 Å². The minimum absolute atomic E-state index is 0.249. The zero-order valence-electron chi connectivity index (χ0n) is 10.0. The van der Waals surface area contributed by atoms with Crippen LogP contribution in [0.1, 0.15) is 12.8 Å². The van der Waals surface area contributed by atoms with Gasteiger partial charge in [-0.15, -0.1) is 0 Å². The first kappa shape index (κ1) is 11.3. The Kier molecular flexibility index (Phi) is 3.02. The standard InChI is InChI=1S/C14H15NO3/c16-14-4-2-10-1-3-12(9-13(10)18-14)17-11-5-7-15-8-6-11/h1-4,9,11,15H,5-8H2. The van der Waals surface area contributed by atoms with Crippen LogP contribution in [-0.4, -0.2) is 19.2 Å². The van der Waals surface area contributed by atoms with Gasteiger partial charge in [-0.2, -0.15) is 0 Å². The van der Waals surface area contributed by atoms with Crippen molar-refractivity contribution < 1.29 is 9.15 Å². The van der Waals surface area contributed by atoms with E-state index in [2.05, 4.69) is 5.32 Å². The summed E-state index contributed by atoms with van der Waals surface area (Å²) >= 11 is 0. The van der Waals surface area contributed by atoms with Crippen LogP contribution in [0, 0.1) is 0 Å². The van der Waals surface area contributed by atoms with E-state index in [4.69, 9.17) is 9.15 Å². The second-order valence-corrected chi connectivity index (χ2v) is 4.52. The summed E-state index contributed by atoms with van der Waals surface area (Å²) in [5.74, 6) is 0.767. The van der Waals surface area contributed by atoms with Crippen LogP contribution in [0.3, 0.4) is 0 Å². The lowest BCUT2D eigenvalue weighted by atomic mass is 10.1. The zero-order chi connectivity index (χ0) is 12.4. The third kappa shape index (κ3) is 2.38. The molecule has 4 heteroatoms. The smallest absolute Gasteiger partial charge is 0.336 e. The number of rotatable bonds is 2. The average Bonchev–Trinajstić information content (AvgIpc) is 2.39. The predicted molar refractivity (Wildman–Crippen MR) is 69.0 cm³/mol. The van der Waals surface area contributed by atoms with Crippen molar-refractivity contribution in [2.75, 3.05) is 13.1 Å². The molecule has 0 amide bonds. The van der Waals surface area contributed by atoms with E-state index in [-0.39, 0.29) is 11.7 Å². The van der Waals surface area contributed by atoms with E-state index in [1.165, 1.54) is 6.07 Å². The number of nitrogens with one attached hydrogen (secondary N) is 1. The number of piperidine rings is 1. The summed E-state index contributed by atoms with van der Waals surface area (Å²) in [6.07, 6.45) is 2.27. The summed E-state index contributed by atoms with van der Waals surface area (Å²) < 4.78 is 11.0. The topological polar surface area (TPSA) is 51.5 Å². The maximum Gasteiger partial charge on any atom is 0.336 e. The lowest BCUT2D eigenvalue weighted by molar-refractivity contribution is 0.162. The third-order valence-electron chi connectivity index (χ3n) is 3.18. The summed E-state index contributed by atoms with van der Waals surface area (Å²) in [5, 5.41) is 4.21. The van der Waals surface area contributed by atoms with E-state index < -0.39 is 0 Å². The third-order valence-corrected chi connectivity index (χ3v) is 3.18. The molecule has 94 valence electrons. The Hall–Kier alpha value is -1.81. The lowest BCUT2D eigenvalue weighted by Gasteiger charge is -2.23. The van der Waals surface area contributed by atoms with Gasteiger partial charge in [0.15, 0.2) is 0 Å². The highest BCUT2D eigenvalue weighted by atomic mass is 16.5. The maximum atomic E-state index is 11.2. The van der Waals surface area contributed by atoms with Crippen molar-refractivity contribution in [1.82, 2.24) is 5.32 Å². The first-order chi connectivity index (χ1) is 8.81. The van der Waals surface area contributed by atoms with E-state index in [9.17, 15) is 4.79 Å². The van der Waals surface area contributed by atoms with Gasteiger partial charge >= 0.3 is 5.63 Å². The van der Waals surface area contributed by atoms with Crippen LogP contribution in [0.2, 0.25) is 0 Å². The quantitative estimate of drug-likeness (QED) is 0.821. The largest absolute Gasteiger partial charge is 0.490 e. The number of hydrogen-bond donors (Lipinski definition) is 1. The first-order valence-electron chi connectivity index (χ1n) is 6.22. The molecular weight excluding hydrogens is 230 g/mol. The monoisotopic (exact) mass is 245 g/mol. The molecule has 1 saturated heterocycles.